The summed E-state index contributed by atoms with van der Waals surface area (Å²) in [5.74, 6) is 0. The van der Waals surface area contributed by atoms with Crippen LogP contribution in [0.5, 0.6) is 0 Å². The molecule has 0 spiro atoms. The van der Waals surface area contributed by atoms with Crippen molar-refractivity contribution in [3.8, 4) is 0 Å². The van der Waals surface area contributed by atoms with E-state index in [1.165, 1.54) is 12.4 Å². The first-order valence-corrected chi connectivity index (χ1v) is 5.43. The number of carbonyl (C=O) groups is 1. The molecule has 1 amide bonds. The molecule has 0 atom stereocenters. The number of hydrogen-bond donors (Lipinski definition) is 1. The Morgan fingerprint density at radius 2 is 1.88 bits per heavy atom. The molecule has 0 bridgehead atoms. The van der Waals surface area contributed by atoms with Crippen LogP contribution in [0.4, 0.5) is 4.79 Å². The summed E-state index contributed by atoms with van der Waals surface area (Å²) in [6, 6.07) is -0.632. The highest BCUT2D eigenvalue weighted by molar-refractivity contribution is 6.62. The summed E-state index contributed by atoms with van der Waals surface area (Å²) in [7, 11) is -0.520. The zero-order valence-corrected chi connectivity index (χ0v) is 10.4. The van der Waals surface area contributed by atoms with Gasteiger partial charge in [-0.1, -0.05) is 0 Å². The Morgan fingerprint density at radius 3 is 2.29 bits per heavy atom. The van der Waals surface area contributed by atoms with E-state index in [-0.39, 0.29) is 0 Å². The maximum atomic E-state index is 10.9. The lowest BCUT2D eigenvalue weighted by molar-refractivity contribution is 0.00578. The molecule has 1 aromatic rings. The van der Waals surface area contributed by atoms with Crippen molar-refractivity contribution in [3.05, 3.63) is 12.4 Å². The molecule has 0 radical (unpaired) electrons. The van der Waals surface area contributed by atoms with Crippen LogP contribution < -0.4 is 11.2 Å². The monoisotopic (exact) mass is 237 g/mol. The van der Waals surface area contributed by atoms with Crippen LogP contribution in [0, 0.1) is 0 Å². The molecule has 1 aliphatic heterocycles. The first-order valence-electron chi connectivity index (χ1n) is 5.43. The third-order valence-electron chi connectivity index (χ3n) is 3.35. The summed E-state index contributed by atoms with van der Waals surface area (Å²) in [5.41, 5.74) is 4.97. The molecule has 2 heterocycles. The molecular formula is C10H16BN3O3. The molecule has 1 saturated heterocycles. The van der Waals surface area contributed by atoms with Gasteiger partial charge in [0.2, 0.25) is 0 Å². The maximum absolute atomic E-state index is 10.9. The molecule has 17 heavy (non-hydrogen) atoms. The van der Waals surface area contributed by atoms with Gasteiger partial charge in [0.15, 0.2) is 0 Å². The molecule has 2 rings (SSSR count). The fraction of sp³-hybridized carbons (Fsp3) is 0.600. The van der Waals surface area contributed by atoms with Crippen LogP contribution in [-0.4, -0.2) is 34.1 Å². The summed E-state index contributed by atoms with van der Waals surface area (Å²) in [6.07, 6.45) is 3.04. The molecule has 0 unspecified atom stereocenters. The predicted molar refractivity (Wildman–Crippen MR) is 62.9 cm³/mol. The van der Waals surface area contributed by atoms with Crippen molar-refractivity contribution in [2.75, 3.05) is 0 Å². The van der Waals surface area contributed by atoms with Gasteiger partial charge in [-0.3, -0.25) is 0 Å². The van der Waals surface area contributed by atoms with E-state index in [4.69, 9.17) is 15.0 Å². The lowest BCUT2D eigenvalue weighted by atomic mass is 9.82. The van der Waals surface area contributed by atoms with Gasteiger partial charge < -0.3 is 15.0 Å². The molecule has 1 aliphatic rings. The van der Waals surface area contributed by atoms with E-state index >= 15 is 0 Å². The second kappa shape index (κ2) is 3.58. The number of rotatable bonds is 1. The zero-order chi connectivity index (χ0) is 12.8. The third kappa shape index (κ3) is 1.96. The van der Waals surface area contributed by atoms with E-state index in [2.05, 4.69) is 5.10 Å². The minimum absolute atomic E-state index is 0.410. The second-order valence-corrected chi connectivity index (χ2v) is 5.14. The Kier molecular flexibility index (Phi) is 2.55. The molecule has 1 fully saturated rings. The van der Waals surface area contributed by atoms with Crippen molar-refractivity contribution in [2.45, 2.75) is 38.9 Å². The average Bonchev–Trinajstić information content (AvgIpc) is 2.70. The molecule has 0 aromatic carbocycles. The highest BCUT2D eigenvalue weighted by Gasteiger charge is 2.52. The minimum atomic E-state index is -0.632. The summed E-state index contributed by atoms with van der Waals surface area (Å²) in [5, 5.41) is 3.84. The number of hydrogen-bond acceptors (Lipinski definition) is 4. The fourth-order valence-corrected chi connectivity index (χ4v) is 1.56. The first-order chi connectivity index (χ1) is 7.73. The largest absolute Gasteiger partial charge is 0.498 e. The van der Waals surface area contributed by atoms with Gasteiger partial charge in [-0.15, -0.1) is 0 Å². The molecular weight excluding hydrogens is 221 g/mol. The molecule has 0 saturated carbocycles. The molecule has 7 heteroatoms. The minimum Gasteiger partial charge on any atom is -0.399 e. The Balaban J connectivity index is 2.23. The number of carbonyl (C=O) groups excluding carboxylic acids is 1. The lowest BCUT2D eigenvalue weighted by Crippen LogP contribution is -2.41. The molecule has 6 nitrogen and oxygen atoms in total. The number of nitrogens with two attached hydrogens (primary N) is 1. The highest BCUT2D eigenvalue weighted by atomic mass is 16.7. The van der Waals surface area contributed by atoms with Crippen molar-refractivity contribution < 1.29 is 14.1 Å². The molecule has 2 N–H and O–H groups in total. The topological polar surface area (TPSA) is 79.4 Å². The van der Waals surface area contributed by atoms with Gasteiger partial charge in [-0.05, 0) is 27.7 Å². The van der Waals surface area contributed by atoms with Crippen molar-refractivity contribution in [1.29, 1.82) is 0 Å². The second-order valence-electron chi connectivity index (χ2n) is 5.14. The van der Waals surface area contributed by atoms with Crippen LogP contribution in [-0.2, 0) is 9.31 Å². The van der Waals surface area contributed by atoms with Crippen molar-refractivity contribution in [1.82, 2.24) is 9.78 Å². The third-order valence-corrected chi connectivity index (χ3v) is 3.35. The molecule has 1 aromatic heterocycles. The van der Waals surface area contributed by atoms with Gasteiger partial charge >= 0.3 is 13.1 Å². The van der Waals surface area contributed by atoms with Gasteiger partial charge in [0.1, 0.15) is 0 Å². The van der Waals surface area contributed by atoms with Crippen LogP contribution in [0.25, 0.3) is 0 Å². The smallest absolute Gasteiger partial charge is 0.399 e. The Hall–Kier alpha value is -1.34. The Labute approximate surface area is 100 Å². The summed E-state index contributed by atoms with van der Waals surface area (Å²) < 4.78 is 12.7. The lowest BCUT2D eigenvalue weighted by Gasteiger charge is -2.32. The fourth-order valence-electron chi connectivity index (χ4n) is 1.56. The van der Waals surface area contributed by atoms with Crippen molar-refractivity contribution in [2.24, 2.45) is 5.73 Å². The zero-order valence-electron chi connectivity index (χ0n) is 10.4. The first kappa shape index (κ1) is 12.1. The maximum Gasteiger partial charge on any atom is 0.498 e. The van der Waals surface area contributed by atoms with Gasteiger partial charge in [-0.2, -0.15) is 9.78 Å². The molecule has 0 aliphatic carbocycles. The predicted octanol–water partition coefficient (Wildman–Crippen LogP) is 0.109. The average molecular weight is 237 g/mol. The van der Waals surface area contributed by atoms with Gasteiger partial charge in [0.05, 0.1) is 11.2 Å². The van der Waals surface area contributed by atoms with E-state index in [1.807, 2.05) is 27.7 Å². The van der Waals surface area contributed by atoms with E-state index in [0.29, 0.717) is 5.46 Å². The van der Waals surface area contributed by atoms with Gasteiger partial charge in [-0.25, -0.2) is 4.79 Å². The molecule has 92 valence electrons. The van der Waals surface area contributed by atoms with Crippen LogP contribution in [0.3, 0.4) is 0 Å². The Bertz CT molecular complexity index is 439. The summed E-state index contributed by atoms with van der Waals surface area (Å²) in [6.45, 7) is 7.86. The number of primary amides is 1. The number of aromatic nitrogens is 2. The SMILES string of the molecule is CC1(C)OB(c2cnn(C(N)=O)c2)OC1(C)C. The summed E-state index contributed by atoms with van der Waals surface area (Å²) >= 11 is 0. The normalized spacial score (nSPS) is 21.8. The van der Waals surface area contributed by atoms with Crippen molar-refractivity contribution in [3.63, 3.8) is 0 Å². The van der Waals surface area contributed by atoms with Crippen LogP contribution in [0.1, 0.15) is 27.7 Å². The van der Waals surface area contributed by atoms with Crippen LogP contribution in [0.15, 0.2) is 12.4 Å². The standard InChI is InChI=1S/C10H16BN3O3/c1-9(2)10(3,4)17-11(16-9)7-5-13-14(6-7)8(12)15/h5-6H,1-4H3,(H2,12,15). The van der Waals surface area contributed by atoms with Gasteiger partial charge in [0, 0.05) is 17.9 Å². The van der Waals surface area contributed by atoms with Crippen LogP contribution >= 0.6 is 0 Å². The quantitative estimate of drug-likeness (QED) is 0.703. The van der Waals surface area contributed by atoms with E-state index in [1.54, 1.807) is 0 Å². The summed E-state index contributed by atoms with van der Waals surface area (Å²) in [4.78, 5) is 10.9. The Morgan fingerprint density at radius 1 is 1.35 bits per heavy atom. The van der Waals surface area contributed by atoms with E-state index in [9.17, 15) is 4.79 Å². The highest BCUT2D eigenvalue weighted by Crippen LogP contribution is 2.36. The number of amides is 1. The number of nitrogens with zero attached hydrogens (tertiary/aromatic N) is 2. The van der Waals surface area contributed by atoms with E-state index in [0.717, 1.165) is 4.68 Å². The van der Waals surface area contributed by atoms with Crippen molar-refractivity contribution >= 4 is 18.6 Å². The van der Waals surface area contributed by atoms with Crippen LogP contribution in [0.2, 0.25) is 0 Å². The van der Waals surface area contributed by atoms with E-state index < -0.39 is 24.4 Å². The van der Waals surface area contributed by atoms with Gasteiger partial charge in [0.25, 0.3) is 0 Å².